The molecule has 0 heterocycles. The van der Waals surface area contributed by atoms with E-state index in [9.17, 15) is 4.79 Å². The van der Waals surface area contributed by atoms with Gasteiger partial charge in [0.15, 0.2) is 4.83 Å². The Hall–Kier alpha value is -0.560. The first-order valence-corrected chi connectivity index (χ1v) is 7.37. The number of nitrogens with zero attached hydrogens (tertiary/aromatic N) is 1. The maximum absolute atomic E-state index is 11.9. The smallest absolute Gasteiger partial charge is 0.248 e. The molecule has 17 heavy (non-hydrogen) atoms. The van der Waals surface area contributed by atoms with E-state index in [2.05, 4.69) is 21.2 Å². The van der Waals surface area contributed by atoms with Gasteiger partial charge in [0, 0.05) is 5.54 Å². The fraction of sp³-hybridized carbons (Fsp3) is 0.846. The second kappa shape index (κ2) is 3.98. The Morgan fingerprint density at radius 2 is 1.71 bits per heavy atom. The van der Waals surface area contributed by atoms with E-state index in [0.717, 1.165) is 37.0 Å². The fourth-order valence-electron chi connectivity index (χ4n) is 4.65. The van der Waals surface area contributed by atoms with Gasteiger partial charge in [0.1, 0.15) is 0 Å². The predicted molar refractivity (Wildman–Crippen MR) is 67.4 cm³/mol. The predicted octanol–water partition coefficient (Wildman–Crippen LogP) is 2.36. The van der Waals surface area contributed by atoms with Crippen LogP contribution < -0.4 is 5.32 Å². The van der Waals surface area contributed by atoms with Crippen LogP contribution in [0.5, 0.6) is 0 Å². The molecule has 4 rings (SSSR count). The average Bonchev–Trinajstić information content (AvgIpc) is 2.25. The minimum absolute atomic E-state index is 0.0225. The number of alkyl halides is 1. The molecule has 0 spiro atoms. The van der Waals surface area contributed by atoms with E-state index in [-0.39, 0.29) is 11.4 Å². The van der Waals surface area contributed by atoms with Gasteiger partial charge in [-0.25, -0.2) is 0 Å². The summed E-state index contributed by atoms with van der Waals surface area (Å²) in [4.78, 5) is 11.2. The van der Waals surface area contributed by atoms with E-state index in [1.807, 2.05) is 6.07 Å². The minimum atomic E-state index is -0.699. The van der Waals surface area contributed by atoms with Gasteiger partial charge in [0.25, 0.3) is 0 Å². The standard InChI is InChI=1S/C13H17BrN2O/c14-11(7-15)12(17)16-13-4-8-1-9(5-13)3-10(2-8)6-13/h8-11H,1-6H2,(H,16,17). The van der Waals surface area contributed by atoms with Crippen molar-refractivity contribution < 1.29 is 4.79 Å². The lowest BCUT2D eigenvalue weighted by atomic mass is 9.53. The van der Waals surface area contributed by atoms with Crippen molar-refractivity contribution in [1.29, 1.82) is 5.26 Å². The molecule has 4 heteroatoms. The summed E-state index contributed by atoms with van der Waals surface area (Å²) in [6.45, 7) is 0. The summed E-state index contributed by atoms with van der Waals surface area (Å²) in [6, 6.07) is 1.95. The second-order valence-corrected chi connectivity index (χ2v) is 7.09. The van der Waals surface area contributed by atoms with Crippen LogP contribution in [0.25, 0.3) is 0 Å². The third kappa shape index (κ3) is 1.99. The van der Waals surface area contributed by atoms with Crippen molar-refractivity contribution in [3.05, 3.63) is 0 Å². The van der Waals surface area contributed by atoms with Gasteiger partial charge in [-0.15, -0.1) is 0 Å². The Morgan fingerprint density at radius 1 is 1.24 bits per heavy atom. The third-order valence-corrected chi connectivity index (χ3v) is 5.39. The molecule has 4 saturated carbocycles. The largest absolute Gasteiger partial charge is 0.349 e. The maximum Gasteiger partial charge on any atom is 0.248 e. The molecule has 0 aromatic heterocycles. The zero-order valence-electron chi connectivity index (χ0n) is 9.79. The van der Waals surface area contributed by atoms with Gasteiger partial charge in [-0.1, -0.05) is 15.9 Å². The third-order valence-electron chi connectivity index (χ3n) is 4.77. The second-order valence-electron chi connectivity index (χ2n) is 6.18. The first-order valence-electron chi connectivity index (χ1n) is 6.46. The van der Waals surface area contributed by atoms with Gasteiger partial charge >= 0.3 is 0 Å². The van der Waals surface area contributed by atoms with Gasteiger partial charge < -0.3 is 5.32 Å². The van der Waals surface area contributed by atoms with Gasteiger partial charge in [0.2, 0.25) is 5.91 Å². The summed E-state index contributed by atoms with van der Waals surface area (Å²) in [5.41, 5.74) is 0.0225. The highest BCUT2D eigenvalue weighted by Gasteiger charge is 2.51. The molecule has 0 radical (unpaired) electrons. The summed E-state index contributed by atoms with van der Waals surface area (Å²) in [5, 5.41) is 11.9. The molecule has 0 aromatic rings. The molecule has 0 aromatic carbocycles. The van der Waals surface area contributed by atoms with Crippen LogP contribution in [0.3, 0.4) is 0 Å². The normalized spacial score (nSPS) is 44.1. The minimum Gasteiger partial charge on any atom is -0.349 e. The molecule has 4 fully saturated rings. The first-order chi connectivity index (χ1) is 8.10. The van der Waals surface area contributed by atoms with E-state index in [1.165, 1.54) is 19.3 Å². The number of amides is 1. The van der Waals surface area contributed by atoms with E-state index in [4.69, 9.17) is 5.26 Å². The molecule has 4 aliphatic rings. The molecular weight excluding hydrogens is 280 g/mol. The summed E-state index contributed by atoms with van der Waals surface area (Å²) in [6.07, 6.45) is 7.50. The first kappa shape index (κ1) is 11.5. The molecular formula is C13H17BrN2O. The van der Waals surface area contributed by atoms with Gasteiger partial charge in [-0.05, 0) is 56.3 Å². The quantitative estimate of drug-likeness (QED) is 0.796. The Balaban J connectivity index is 1.74. The number of hydrogen-bond acceptors (Lipinski definition) is 2. The van der Waals surface area contributed by atoms with Crippen molar-refractivity contribution in [3.63, 3.8) is 0 Å². The van der Waals surface area contributed by atoms with Crippen LogP contribution >= 0.6 is 15.9 Å². The SMILES string of the molecule is N#CC(Br)C(=O)NC12CC3CC(CC(C3)C1)C2. The van der Waals surface area contributed by atoms with Crippen LogP contribution in [-0.2, 0) is 4.79 Å². The van der Waals surface area contributed by atoms with Crippen molar-refractivity contribution in [2.45, 2.75) is 48.9 Å². The van der Waals surface area contributed by atoms with Crippen molar-refractivity contribution in [2.24, 2.45) is 17.8 Å². The summed E-state index contributed by atoms with van der Waals surface area (Å²) in [5.74, 6) is 2.31. The summed E-state index contributed by atoms with van der Waals surface area (Å²) >= 11 is 3.11. The van der Waals surface area contributed by atoms with Gasteiger partial charge in [-0.3, -0.25) is 4.79 Å². The van der Waals surface area contributed by atoms with Crippen LogP contribution in [0.1, 0.15) is 38.5 Å². The highest BCUT2D eigenvalue weighted by Crippen LogP contribution is 2.55. The zero-order chi connectivity index (χ0) is 12.0. The molecule has 1 unspecified atom stereocenters. The highest BCUT2D eigenvalue weighted by atomic mass is 79.9. The van der Waals surface area contributed by atoms with Crippen LogP contribution in [0.4, 0.5) is 0 Å². The molecule has 1 N–H and O–H groups in total. The van der Waals surface area contributed by atoms with Crippen molar-refractivity contribution in [1.82, 2.24) is 5.32 Å². The van der Waals surface area contributed by atoms with Crippen LogP contribution in [0.2, 0.25) is 0 Å². The Labute approximate surface area is 110 Å². The molecule has 92 valence electrons. The van der Waals surface area contributed by atoms with Crippen molar-refractivity contribution in [2.75, 3.05) is 0 Å². The monoisotopic (exact) mass is 296 g/mol. The number of hydrogen-bond donors (Lipinski definition) is 1. The zero-order valence-corrected chi connectivity index (χ0v) is 11.4. The lowest BCUT2D eigenvalue weighted by Gasteiger charge is -2.56. The molecule has 0 aliphatic heterocycles. The lowest BCUT2D eigenvalue weighted by Crippen LogP contribution is -2.60. The number of carbonyl (C=O) groups excluding carboxylic acids is 1. The van der Waals surface area contributed by atoms with Crippen molar-refractivity contribution >= 4 is 21.8 Å². The number of halogens is 1. The molecule has 0 saturated heterocycles. The molecule has 4 bridgehead atoms. The lowest BCUT2D eigenvalue weighted by molar-refractivity contribution is -0.125. The van der Waals surface area contributed by atoms with Gasteiger partial charge in [-0.2, -0.15) is 5.26 Å². The number of carbonyl (C=O) groups is 1. The summed E-state index contributed by atoms with van der Waals surface area (Å²) in [7, 11) is 0. The molecule has 3 nitrogen and oxygen atoms in total. The Bertz CT molecular complexity index is 352. The van der Waals surface area contributed by atoms with Crippen LogP contribution in [-0.4, -0.2) is 16.3 Å². The van der Waals surface area contributed by atoms with E-state index >= 15 is 0 Å². The number of nitriles is 1. The average molecular weight is 297 g/mol. The van der Waals surface area contributed by atoms with E-state index in [0.29, 0.717) is 0 Å². The number of rotatable bonds is 2. The molecule has 1 amide bonds. The van der Waals surface area contributed by atoms with Crippen LogP contribution in [0, 0.1) is 29.1 Å². The topological polar surface area (TPSA) is 52.9 Å². The van der Waals surface area contributed by atoms with Gasteiger partial charge in [0.05, 0.1) is 6.07 Å². The Kier molecular flexibility index (Phi) is 2.70. The molecule has 1 atom stereocenters. The summed E-state index contributed by atoms with van der Waals surface area (Å²) < 4.78 is 0. The maximum atomic E-state index is 11.9. The fourth-order valence-corrected chi connectivity index (χ4v) is 4.76. The van der Waals surface area contributed by atoms with Crippen LogP contribution in [0.15, 0.2) is 0 Å². The molecule has 4 aliphatic carbocycles. The highest BCUT2D eigenvalue weighted by molar-refractivity contribution is 9.10. The number of nitrogens with one attached hydrogen (secondary N) is 1. The Morgan fingerprint density at radius 3 is 2.12 bits per heavy atom. The van der Waals surface area contributed by atoms with E-state index in [1.54, 1.807) is 0 Å². The van der Waals surface area contributed by atoms with Crippen molar-refractivity contribution in [3.8, 4) is 6.07 Å². The van der Waals surface area contributed by atoms with E-state index < -0.39 is 4.83 Å².